The van der Waals surface area contributed by atoms with Crippen LogP contribution in [0.3, 0.4) is 0 Å². The van der Waals surface area contributed by atoms with E-state index in [2.05, 4.69) is 10.6 Å². The van der Waals surface area contributed by atoms with Crippen molar-refractivity contribution in [1.29, 1.82) is 0 Å². The first kappa shape index (κ1) is 40.9. The van der Waals surface area contributed by atoms with Gasteiger partial charge in [-0.05, 0) is 104 Å². The maximum atomic E-state index is 15.8. The first-order valence-corrected chi connectivity index (χ1v) is 17.2. The topological polar surface area (TPSA) is 124 Å². The number of benzene rings is 2. The summed E-state index contributed by atoms with van der Waals surface area (Å²) in [5.74, 6) is -3.27. The number of aromatic nitrogens is 1. The Morgan fingerprint density at radius 3 is 2.17 bits per heavy atom. The maximum absolute atomic E-state index is 15.8. The lowest BCUT2D eigenvalue weighted by atomic mass is 9.90. The summed E-state index contributed by atoms with van der Waals surface area (Å²) in [6.45, 7) is 9.55. The Hall–Kier alpha value is -3.85. The third-order valence-electron chi connectivity index (χ3n) is 9.07. The standard InChI is InChI=1S/C37H44ClF5N4O5/c1-19(2)11-28(45-33(50)25-7-8-29(37(41,42)43)47(35(25)52)10-9-46-17-36(6,40)18-46)34(51)44-27(16-30(48)49)26-15-23(12-22(5)32(26)39)31-20(3)13-24(38)14-21(31)4/h7-8,12-15,19,27-28,34,44,51H,9-11,16-18H2,1-6H3,(H,45,50)(H,48,49)/t27-,28-,34?/m0/s1. The van der Waals surface area contributed by atoms with Crippen LogP contribution in [0.15, 0.2) is 41.2 Å². The van der Waals surface area contributed by atoms with E-state index < -0.39 is 77.6 Å². The van der Waals surface area contributed by atoms with E-state index in [1.807, 2.05) is 13.8 Å². The van der Waals surface area contributed by atoms with Gasteiger partial charge in [0.2, 0.25) is 0 Å². The summed E-state index contributed by atoms with van der Waals surface area (Å²) in [4.78, 5) is 40.5. The zero-order valence-corrected chi connectivity index (χ0v) is 30.6. The minimum atomic E-state index is -4.92. The van der Waals surface area contributed by atoms with Crippen molar-refractivity contribution in [3.05, 3.63) is 91.1 Å². The number of carbonyl (C=O) groups excluding carboxylic acids is 1. The number of amides is 1. The number of pyridine rings is 1. The molecule has 2 heterocycles. The zero-order valence-electron chi connectivity index (χ0n) is 29.8. The lowest BCUT2D eigenvalue weighted by molar-refractivity contribution is -0.144. The zero-order chi connectivity index (χ0) is 38.9. The van der Waals surface area contributed by atoms with Gasteiger partial charge in [0.15, 0.2) is 0 Å². The van der Waals surface area contributed by atoms with Crippen LogP contribution in [0, 0.1) is 32.5 Å². The average molecular weight is 755 g/mol. The van der Waals surface area contributed by atoms with Crippen molar-refractivity contribution >= 4 is 23.5 Å². The van der Waals surface area contributed by atoms with Gasteiger partial charge in [0.1, 0.15) is 29.0 Å². The van der Waals surface area contributed by atoms with E-state index in [9.17, 15) is 42.2 Å². The Bertz CT molecular complexity index is 1850. The molecular formula is C37H44ClF5N4O5. The Balaban J connectivity index is 1.65. The SMILES string of the molecule is Cc1cc(-c2c(C)cc(Cl)cc2C)cc([C@H](CC(=O)O)NC(O)[C@H](CC(C)C)NC(=O)c2ccc(C(F)(F)F)n(CCN3CC(C)(F)C3)c2=O)c1F. The molecule has 0 spiro atoms. The first-order valence-electron chi connectivity index (χ1n) is 16.8. The Labute approximate surface area is 303 Å². The van der Waals surface area contributed by atoms with Crippen LogP contribution < -0.4 is 16.2 Å². The van der Waals surface area contributed by atoms with E-state index in [1.165, 1.54) is 19.9 Å². The Morgan fingerprint density at radius 1 is 1.02 bits per heavy atom. The van der Waals surface area contributed by atoms with E-state index >= 15 is 4.39 Å². The number of aliphatic hydroxyl groups is 1. The fourth-order valence-electron chi connectivity index (χ4n) is 6.84. The van der Waals surface area contributed by atoms with Gasteiger partial charge in [-0.25, -0.2) is 8.78 Å². The number of likely N-dealkylation sites (tertiary alicyclic amines) is 1. The van der Waals surface area contributed by atoms with Crippen LogP contribution in [-0.2, 0) is 17.5 Å². The number of aryl methyl sites for hydroxylation is 3. The molecule has 9 nitrogen and oxygen atoms in total. The molecule has 1 aliphatic rings. The monoisotopic (exact) mass is 754 g/mol. The summed E-state index contributed by atoms with van der Waals surface area (Å²) in [5.41, 5.74) is -1.50. The third kappa shape index (κ3) is 9.77. The molecule has 52 heavy (non-hydrogen) atoms. The molecule has 1 saturated heterocycles. The summed E-state index contributed by atoms with van der Waals surface area (Å²) in [7, 11) is 0. The summed E-state index contributed by atoms with van der Waals surface area (Å²) in [6.07, 6.45) is -7.21. The van der Waals surface area contributed by atoms with Crippen molar-refractivity contribution in [2.45, 2.75) is 91.1 Å². The molecule has 1 aromatic heterocycles. The molecule has 0 saturated carbocycles. The first-order chi connectivity index (χ1) is 24.1. The number of halogens is 6. The van der Waals surface area contributed by atoms with Gasteiger partial charge in [-0.2, -0.15) is 13.2 Å². The second-order valence-corrected chi connectivity index (χ2v) is 14.7. The quantitative estimate of drug-likeness (QED) is 0.109. The van der Waals surface area contributed by atoms with Crippen molar-refractivity contribution in [2.24, 2.45) is 5.92 Å². The van der Waals surface area contributed by atoms with Crippen LogP contribution in [0.2, 0.25) is 5.02 Å². The highest BCUT2D eigenvalue weighted by Gasteiger charge is 2.40. The molecule has 2 aromatic carbocycles. The van der Waals surface area contributed by atoms with E-state index in [0.29, 0.717) is 21.2 Å². The molecule has 3 aromatic rings. The number of carbonyl (C=O) groups is 2. The molecular weight excluding hydrogens is 711 g/mol. The smallest absolute Gasteiger partial charge is 0.431 e. The number of nitrogens with one attached hydrogen (secondary N) is 2. The molecule has 1 amide bonds. The summed E-state index contributed by atoms with van der Waals surface area (Å²) >= 11 is 6.22. The number of hydrogen-bond acceptors (Lipinski definition) is 6. The highest BCUT2D eigenvalue weighted by molar-refractivity contribution is 6.30. The van der Waals surface area contributed by atoms with Crippen molar-refractivity contribution in [1.82, 2.24) is 20.1 Å². The van der Waals surface area contributed by atoms with Gasteiger partial charge >= 0.3 is 12.1 Å². The molecule has 284 valence electrons. The van der Waals surface area contributed by atoms with Gasteiger partial charge in [0.25, 0.3) is 11.5 Å². The van der Waals surface area contributed by atoms with Gasteiger partial charge in [0, 0.05) is 42.8 Å². The van der Waals surface area contributed by atoms with Crippen LogP contribution in [-0.4, -0.2) is 69.1 Å². The van der Waals surface area contributed by atoms with E-state index in [1.54, 1.807) is 36.9 Å². The summed E-state index contributed by atoms with van der Waals surface area (Å²) in [5, 5.41) is 27.0. The molecule has 0 aliphatic carbocycles. The molecule has 15 heteroatoms. The molecule has 1 unspecified atom stereocenters. The molecule has 1 fully saturated rings. The van der Waals surface area contributed by atoms with Crippen LogP contribution in [0.25, 0.3) is 11.1 Å². The third-order valence-corrected chi connectivity index (χ3v) is 9.29. The van der Waals surface area contributed by atoms with Crippen molar-refractivity contribution in [2.75, 3.05) is 19.6 Å². The second-order valence-electron chi connectivity index (χ2n) is 14.3. The number of hydrogen-bond donors (Lipinski definition) is 4. The minimum absolute atomic E-state index is 0.0118. The average Bonchev–Trinajstić information content (AvgIpc) is 2.98. The normalized spacial score (nSPS) is 16.3. The number of carboxylic acids is 1. The molecule has 0 bridgehead atoms. The summed E-state index contributed by atoms with van der Waals surface area (Å²) < 4.78 is 71.9. The van der Waals surface area contributed by atoms with Crippen molar-refractivity contribution < 1.29 is 41.8 Å². The van der Waals surface area contributed by atoms with Gasteiger partial charge in [-0.1, -0.05) is 25.4 Å². The summed E-state index contributed by atoms with van der Waals surface area (Å²) in [6, 6.07) is 5.47. The number of aliphatic hydroxyl groups excluding tert-OH is 1. The van der Waals surface area contributed by atoms with Gasteiger partial charge in [0.05, 0.1) is 12.5 Å². The Morgan fingerprint density at radius 2 is 1.63 bits per heavy atom. The van der Waals surface area contributed by atoms with E-state index in [4.69, 9.17) is 11.6 Å². The minimum Gasteiger partial charge on any atom is -0.481 e. The van der Waals surface area contributed by atoms with Crippen LogP contribution in [0.4, 0.5) is 22.0 Å². The van der Waals surface area contributed by atoms with Gasteiger partial charge in [-0.3, -0.25) is 24.6 Å². The van der Waals surface area contributed by atoms with Gasteiger partial charge < -0.3 is 20.1 Å². The number of alkyl halides is 4. The predicted molar refractivity (Wildman–Crippen MR) is 188 cm³/mol. The van der Waals surface area contributed by atoms with Crippen LogP contribution in [0.5, 0.6) is 0 Å². The fraction of sp³-hybridized carbons (Fsp3) is 0.486. The van der Waals surface area contributed by atoms with Crippen molar-refractivity contribution in [3.63, 3.8) is 0 Å². The lowest BCUT2D eigenvalue weighted by Gasteiger charge is -2.42. The molecule has 0 radical (unpaired) electrons. The lowest BCUT2D eigenvalue weighted by Crippen LogP contribution is -2.58. The number of carboxylic acid groups (broad SMARTS) is 1. The second kappa shape index (κ2) is 16.0. The van der Waals surface area contributed by atoms with E-state index in [-0.39, 0.29) is 43.1 Å². The number of nitrogens with zero attached hydrogens (tertiary/aromatic N) is 2. The number of rotatable bonds is 14. The van der Waals surface area contributed by atoms with Crippen molar-refractivity contribution in [3.8, 4) is 11.1 Å². The fourth-order valence-corrected chi connectivity index (χ4v) is 7.17. The number of aliphatic carboxylic acids is 1. The molecule has 3 atom stereocenters. The molecule has 4 rings (SSSR count). The molecule has 1 aliphatic heterocycles. The largest absolute Gasteiger partial charge is 0.481 e. The highest BCUT2D eigenvalue weighted by Crippen LogP contribution is 2.35. The van der Waals surface area contributed by atoms with Gasteiger partial charge in [-0.15, -0.1) is 0 Å². The molecule has 4 N–H and O–H groups in total. The van der Waals surface area contributed by atoms with Crippen LogP contribution >= 0.6 is 11.6 Å². The van der Waals surface area contributed by atoms with E-state index in [0.717, 1.165) is 22.8 Å². The Kier molecular flexibility index (Phi) is 12.6. The predicted octanol–water partition coefficient (Wildman–Crippen LogP) is 6.56. The van der Waals surface area contributed by atoms with Crippen LogP contribution in [0.1, 0.15) is 78.0 Å². The highest BCUT2D eigenvalue weighted by atomic mass is 35.5. The maximum Gasteiger partial charge on any atom is 0.431 e.